The minimum atomic E-state index is -0.517. The highest BCUT2D eigenvalue weighted by atomic mass is 16.6. The average molecular weight is 363 g/mol. The summed E-state index contributed by atoms with van der Waals surface area (Å²) in [4.78, 5) is 22.2. The second-order valence-electron chi connectivity index (χ2n) is 5.70. The van der Waals surface area contributed by atoms with Crippen molar-refractivity contribution in [1.82, 2.24) is 5.32 Å². The summed E-state index contributed by atoms with van der Waals surface area (Å²) in [5, 5.41) is 31.9. The molecule has 2 rings (SSSR count). The standard InChI is InChI=1S/C20H17N3O4/c1-14-11-16(7-10-19(14)24)13-22-20(25)17(12-21)4-2-3-15-5-8-18(9-6-15)23(26)27/h2-11,24H,13H2,1H3,(H,22,25)/b3-2+,17-4+. The summed E-state index contributed by atoms with van der Waals surface area (Å²) in [5.41, 5.74) is 2.13. The zero-order valence-electron chi connectivity index (χ0n) is 14.5. The number of nitro groups is 1. The van der Waals surface area contributed by atoms with E-state index >= 15 is 0 Å². The van der Waals surface area contributed by atoms with Gasteiger partial charge in [-0.25, -0.2) is 0 Å². The van der Waals surface area contributed by atoms with Crippen molar-refractivity contribution in [2.24, 2.45) is 0 Å². The summed E-state index contributed by atoms with van der Waals surface area (Å²) >= 11 is 0. The van der Waals surface area contributed by atoms with Crippen LogP contribution < -0.4 is 5.32 Å². The van der Waals surface area contributed by atoms with Gasteiger partial charge in [0.2, 0.25) is 0 Å². The van der Waals surface area contributed by atoms with Crippen molar-refractivity contribution in [3.8, 4) is 11.8 Å². The van der Waals surface area contributed by atoms with E-state index in [9.17, 15) is 20.0 Å². The number of hydrogen-bond donors (Lipinski definition) is 2. The fourth-order valence-corrected chi connectivity index (χ4v) is 2.23. The van der Waals surface area contributed by atoms with Crippen molar-refractivity contribution >= 4 is 17.7 Å². The van der Waals surface area contributed by atoms with Crippen molar-refractivity contribution in [2.45, 2.75) is 13.5 Å². The number of phenols is 1. The third-order valence-electron chi connectivity index (χ3n) is 3.73. The van der Waals surface area contributed by atoms with Crippen LogP contribution in [0.25, 0.3) is 6.08 Å². The Morgan fingerprint density at radius 2 is 2.00 bits per heavy atom. The molecule has 0 radical (unpaired) electrons. The smallest absolute Gasteiger partial charge is 0.269 e. The second-order valence-corrected chi connectivity index (χ2v) is 5.70. The lowest BCUT2D eigenvalue weighted by molar-refractivity contribution is -0.384. The van der Waals surface area contributed by atoms with E-state index in [1.807, 2.05) is 6.07 Å². The van der Waals surface area contributed by atoms with Crippen molar-refractivity contribution in [3.63, 3.8) is 0 Å². The van der Waals surface area contributed by atoms with Crippen molar-refractivity contribution in [2.75, 3.05) is 0 Å². The maximum atomic E-state index is 12.1. The zero-order valence-corrected chi connectivity index (χ0v) is 14.5. The molecule has 0 aromatic heterocycles. The molecule has 136 valence electrons. The first-order valence-corrected chi connectivity index (χ1v) is 8.00. The van der Waals surface area contributed by atoms with Crippen LogP contribution in [-0.4, -0.2) is 15.9 Å². The monoisotopic (exact) mass is 363 g/mol. The molecule has 0 aliphatic heterocycles. The Kier molecular flexibility index (Phi) is 6.44. The average Bonchev–Trinajstić information content (AvgIpc) is 2.66. The Morgan fingerprint density at radius 3 is 2.59 bits per heavy atom. The summed E-state index contributed by atoms with van der Waals surface area (Å²) in [6, 6.07) is 12.7. The van der Waals surface area contributed by atoms with Gasteiger partial charge in [0, 0.05) is 18.7 Å². The number of rotatable bonds is 6. The summed E-state index contributed by atoms with van der Waals surface area (Å²) in [6.07, 6.45) is 4.54. The van der Waals surface area contributed by atoms with Gasteiger partial charge in [0.1, 0.15) is 17.4 Å². The van der Waals surface area contributed by atoms with Crippen LogP contribution in [0, 0.1) is 28.4 Å². The molecule has 7 nitrogen and oxygen atoms in total. The van der Waals surface area contributed by atoms with Crippen molar-refractivity contribution < 1.29 is 14.8 Å². The van der Waals surface area contributed by atoms with Gasteiger partial charge in [0.25, 0.3) is 11.6 Å². The Bertz CT molecular complexity index is 954. The highest BCUT2D eigenvalue weighted by Gasteiger charge is 2.08. The number of carbonyl (C=O) groups excluding carboxylic acids is 1. The molecule has 2 N–H and O–H groups in total. The summed E-state index contributed by atoms with van der Waals surface area (Å²) in [6.45, 7) is 1.98. The molecule has 1 amide bonds. The molecule has 7 heteroatoms. The molecule has 0 aliphatic rings. The molecule has 0 fully saturated rings. The van der Waals surface area contributed by atoms with E-state index in [0.717, 1.165) is 5.56 Å². The van der Waals surface area contributed by atoms with Crippen LogP contribution in [0.5, 0.6) is 5.75 Å². The van der Waals surface area contributed by atoms with Gasteiger partial charge in [0.05, 0.1) is 4.92 Å². The van der Waals surface area contributed by atoms with E-state index < -0.39 is 10.8 Å². The number of nitrogens with zero attached hydrogens (tertiary/aromatic N) is 2. The fraction of sp³-hybridized carbons (Fsp3) is 0.100. The van der Waals surface area contributed by atoms with E-state index in [4.69, 9.17) is 5.26 Å². The van der Waals surface area contributed by atoms with Crippen LogP contribution in [0.1, 0.15) is 16.7 Å². The van der Waals surface area contributed by atoms with Crippen molar-refractivity contribution in [1.29, 1.82) is 5.26 Å². The number of carbonyl (C=O) groups is 1. The van der Waals surface area contributed by atoms with Gasteiger partial charge in [0.15, 0.2) is 0 Å². The summed E-state index contributed by atoms with van der Waals surface area (Å²) in [7, 11) is 0. The van der Waals surface area contributed by atoms with Gasteiger partial charge in [-0.15, -0.1) is 0 Å². The number of non-ortho nitro benzene ring substituents is 1. The van der Waals surface area contributed by atoms with Gasteiger partial charge in [-0.1, -0.05) is 24.3 Å². The lowest BCUT2D eigenvalue weighted by Gasteiger charge is -2.06. The highest BCUT2D eigenvalue weighted by Crippen LogP contribution is 2.17. The Labute approximate surface area is 156 Å². The van der Waals surface area contributed by atoms with E-state index in [-0.39, 0.29) is 23.6 Å². The third-order valence-corrected chi connectivity index (χ3v) is 3.73. The summed E-state index contributed by atoms with van der Waals surface area (Å²) in [5.74, 6) is -0.337. The molecule has 0 spiro atoms. The molecular weight excluding hydrogens is 346 g/mol. The van der Waals surface area contributed by atoms with Crippen LogP contribution in [-0.2, 0) is 11.3 Å². The van der Waals surface area contributed by atoms with Gasteiger partial charge in [-0.3, -0.25) is 14.9 Å². The first kappa shape index (κ1) is 19.4. The molecule has 0 saturated heterocycles. The third kappa shape index (κ3) is 5.54. The lowest BCUT2D eigenvalue weighted by atomic mass is 10.1. The highest BCUT2D eigenvalue weighted by molar-refractivity contribution is 5.97. The van der Waals surface area contributed by atoms with E-state index in [0.29, 0.717) is 11.1 Å². The molecular formula is C20H17N3O4. The quantitative estimate of drug-likeness (QED) is 0.268. The topological polar surface area (TPSA) is 116 Å². The number of nitro benzene ring substituents is 1. The minimum Gasteiger partial charge on any atom is -0.508 e. The first-order valence-electron chi connectivity index (χ1n) is 8.00. The lowest BCUT2D eigenvalue weighted by Crippen LogP contribution is -2.23. The maximum Gasteiger partial charge on any atom is 0.269 e. The van der Waals surface area contributed by atoms with Crippen LogP contribution in [0.3, 0.4) is 0 Å². The molecule has 0 heterocycles. The minimum absolute atomic E-state index is 0.00995. The molecule has 0 aliphatic carbocycles. The number of allylic oxidation sites excluding steroid dienone is 2. The Balaban J connectivity index is 1.99. The van der Waals surface area contributed by atoms with Crippen LogP contribution >= 0.6 is 0 Å². The molecule has 0 bridgehead atoms. The van der Waals surface area contributed by atoms with Crippen LogP contribution in [0.4, 0.5) is 5.69 Å². The largest absolute Gasteiger partial charge is 0.508 e. The number of nitriles is 1. The van der Waals surface area contributed by atoms with Crippen LogP contribution in [0.15, 0.2) is 60.2 Å². The molecule has 0 atom stereocenters. The second kappa shape index (κ2) is 8.97. The molecule has 27 heavy (non-hydrogen) atoms. The SMILES string of the molecule is Cc1cc(CNC(=O)/C(C#N)=C/C=C/c2ccc([N+](=O)[O-])cc2)ccc1O. The predicted octanol–water partition coefficient (Wildman–Crippen LogP) is 3.39. The van der Waals surface area contributed by atoms with E-state index in [1.165, 1.54) is 24.3 Å². The van der Waals surface area contributed by atoms with E-state index in [1.54, 1.807) is 43.3 Å². The number of phenolic OH excluding ortho intramolecular Hbond substituents is 1. The molecule has 2 aromatic carbocycles. The molecule has 2 aromatic rings. The van der Waals surface area contributed by atoms with Gasteiger partial charge in [-0.05, 0) is 47.9 Å². The Hall–Kier alpha value is -3.92. The molecule has 0 unspecified atom stereocenters. The normalized spacial score (nSPS) is 11.2. The van der Waals surface area contributed by atoms with Gasteiger partial charge in [-0.2, -0.15) is 5.26 Å². The van der Waals surface area contributed by atoms with Crippen molar-refractivity contribution in [3.05, 3.63) is 87.0 Å². The number of hydrogen-bond acceptors (Lipinski definition) is 5. The zero-order chi connectivity index (χ0) is 19.8. The summed E-state index contributed by atoms with van der Waals surface area (Å²) < 4.78 is 0. The van der Waals surface area contributed by atoms with E-state index in [2.05, 4.69) is 5.32 Å². The number of benzene rings is 2. The number of nitrogens with one attached hydrogen (secondary N) is 1. The van der Waals surface area contributed by atoms with Gasteiger partial charge >= 0.3 is 0 Å². The number of amides is 1. The first-order chi connectivity index (χ1) is 12.9. The predicted molar refractivity (Wildman–Crippen MR) is 101 cm³/mol. The molecule has 0 saturated carbocycles. The van der Waals surface area contributed by atoms with Gasteiger partial charge < -0.3 is 10.4 Å². The number of aryl methyl sites for hydroxylation is 1. The maximum absolute atomic E-state index is 12.1. The Morgan fingerprint density at radius 1 is 1.30 bits per heavy atom. The van der Waals surface area contributed by atoms with Crippen LogP contribution in [0.2, 0.25) is 0 Å². The number of aromatic hydroxyl groups is 1. The fourth-order valence-electron chi connectivity index (χ4n) is 2.23.